The highest BCUT2D eigenvalue weighted by molar-refractivity contribution is 7.12. The van der Waals surface area contributed by atoms with Crippen molar-refractivity contribution in [1.82, 2.24) is 9.55 Å². The van der Waals surface area contributed by atoms with Crippen molar-refractivity contribution in [3.63, 3.8) is 0 Å². The number of H-pyrrole nitrogens is 1. The van der Waals surface area contributed by atoms with Crippen LogP contribution in [0.1, 0.15) is 72.7 Å². The Morgan fingerprint density at radius 2 is 2.03 bits per heavy atom. The minimum absolute atomic E-state index is 0.0417. The van der Waals surface area contributed by atoms with Gasteiger partial charge in [0.1, 0.15) is 0 Å². The Morgan fingerprint density at radius 3 is 2.70 bits per heavy atom. The molecule has 1 saturated carbocycles. The predicted octanol–water partition coefficient (Wildman–Crippen LogP) is 1.07. The fraction of sp³-hybridized carbons (Fsp3) is 0.545. The average molecular weight is 431 g/mol. The standard InChI is InChI=1S/C22H27FN4O2S/c1-9-16(15-8-13-12(10(2)24)4-3-5-14(13)30-15)18(23)19(25)17-20(9)27(11-6-7-11)22(29)26-21(17)28/h8,10-12,16,18H,3-7,24-25H2,1-2H3,(H,26,28,29). The molecule has 5 N–H and O–H groups in total. The maximum absolute atomic E-state index is 15.7. The number of rotatable bonds is 3. The number of aromatic nitrogens is 2. The molecule has 0 radical (unpaired) electrons. The first-order valence-electron chi connectivity index (χ1n) is 10.7. The lowest BCUT2D eigenvalue weighted by molar-refractivity contribution is 0.378. The Labute approximate surface area is 177 Å². The van der Waals surface area contributed by atoms with Crippen LogP contribution in [0.2, 0.25) is 0 Å². The van der Waals surface area contributed by atoms with Gasteiger partial charge in [-0.15, -0.1) is 11.3 Å². The molecule has 1 fully saturated rings. The average Bonchev–Trinajstić information content (AvgIpc) is 3.43. The van der Waals surface area contributed by atoms with E-state index in [9.17, 15) is 9.59 Å². The van der Waals surface area contributed by atoms with Crippen molar-refractivity contribution in [2.75, 3.05) is 0 Å². The van der Waals surface area contributed by atoms with Gasteiger partial charge in [0.2, 0.25) is 0 Å². The molecular formula is C22H27FN4O2S. The molecule has 0 bridgehead atoms. The molecule has 3 aliphatic rings. The Hall–Kier alpha value is -2.19. The van der Waals surface area contributed by atoms with Crippen LogP contribution in [0.4, 0.5) is 4.39 Å². The largest absolute Gasteiger partial charge is 0.399 e. The highest BCUT2D eigenvalue weighted by Gasteiger charge is 2.37. The van der Waals surface area contributed by atoms with Gasteiger partial charge in [-0.25, -0.2) is 9.18 Å². The van der Waals surface area contributed by atoms with Crippen LogP contribution in [0.3, 0.4) is 0 Å². The number of aromatic amines is 1. The highest BCUT2D eigenvalue weighted by Crippen LogP contribution is 2.44. The van der Waals surface area contributed by atoms with E-state index in [2.05, 4.69) is 11.1 Å². The van der Waals surface area contributed by atoms with Crippen molar-refractivity contribution in [1.29, 1.82) is 0 Å². The Balaban J connectivity index is 1.76. The van der Waals surface area contributed by atoms with Gasteiger partial charge in [0.15, 0.2) is 6.17 Å². The molecule has 160 valence electrons. The topological polar surface area (TPSA) is 107 Å². The van der Waals surface area contributed by atoms with Crippen LogP contribution in [0.15, 0.2) is 15.7 Å². The first-order chi connectivity index (χ1) is 14.3. The van der Waals surface area contributed by atoms with Crippen LogP contribution >= 0.6 is 11.3 Å². The van der Waals surface area contributed by atoms with Gasteiger partial charge in [0.25, 0.3) is 5.56 Å². The first-order valence-corrected chi connectivity index (χ1v) is 11.5. The number of aryl methyl sites for hydroxylation is 1. The van der Waals surface area contributed by atoms with Crippen LogP contribution in [0.5, 0.6) is 0 Å². The van der Waals surface area contributed by atoms with Gasteiger partial charge in [-0.1, -0.05) is 0 Å². The molecule has 8 heteroatoms. The second-order valence-corrected chi connectivity index (χ2v) is 10.2. The van der Waals surface area contributed by atoms with E-state index in [0.717, 1.165) is 37.0 Å². The number of alkyl halides is 1. The summed E-state index contributed by atoms with van der Waals surface area (Å²) >= 11 is 1.63. The Kier molecular flexibility index (Phi) is 4.56. The molecular weight excluding hydrogens is 403 g/mol. The fourth-order valence-corrected chi connectivity index (χ4v) is 6.71. The van der Waals surface area contributed by atoms with Crippen molar-refractivity contribution in [3.8, 4) is 0 Å². The monoisotopic (exact) mass is 430 g/mol. The maximum atomic E-state index is 15.7. The van der Waals surface area contributed by atoms with Crippen molar-refractivity contribution < 1.29 is 4.39 Å². The lowest BCUT2D eigenvalue weighted by Crippen LogP contribution is -2.59. The summed E-state index contributed by atoms with van der Waals surface area (Å²) in [5, 5.41) is 0.635. The molecule has 0 aliphatic heterocycles. The number of thiophene rings is 1. The molecule has 2 heterocycles. The van der Waals surface area contributed by atoms with Crippen molar-refractivity contribution in [2.45, 2.75) is 76.0 Å². The zero-order chi connectivity index (χ0) is 21.3. The summed E-state index contributed by atoms with van der Waals surface area (Å²) in [6.45, 7) is 3.86. The molecule has 6 nitrogen and oxygen atoms in total. The van der Waals surface area contributed by atoms with Crippen LogP contribution in [-0.4, -0.2) is 21.8 Å². The van der Waals surface area contributed by atoms with Gasteiger partial charge in [0, 0.05) is 21.8 Å². The quantitative estimate of drug-likeness (QED) is 0.677. The van der Waals surface area contributed by atoms with E-state index in [1.807, 2.05) is 13.8 Å². The Morgan fingerprint density at radius 1 is 1.30 bits per heavy atom. The Bertz CT molecular complexity index is 1270. The summed E-state index contributed by atoms with van der Waals surface area (Å²) < 4.78 is 17.3. The van der Waals surface area contributed by atoms with E-state index in [1.165, 1.54) is 10.4 Å². The fourth-order valence-electron chi connectivity index (χ4n) is 5.24. The van der Waals surface area contributed by atoms with Gasteiger partial charge in [0.05, 0.1) is 22.2 Å². The summed E-state index contributed by atoms with van der Waals surface area (Å²) in [7, 11) is 0. The normalized spacial score (nSPS) is 27.0. The minimum Gasteiger partial charge on any atom is -0.399 e. The van der Waals surface area contributed by atoms with E-state index in [1.54, 1.807) is 15.9 Å². The number of hydrogen-bond donors (Lipinski definition) is 3. The van der Waals surface area contributed by atoms with Crippen LogP contribution in [0.25, 0.3) is 11.3 Å². The summed E-state index contributed by atoms with van der Waals surface area (Å²) in [4.78, 5) is 29.6. The third-order valence-corrected chi connectivity index (χ3v) is 8.19. The third kappa shape index (κ3) is 2.84. The zero-order valence-corrected chi connectivity index (χ0v) is 18.0. The number of nitrogens with zero attached hydrogens (tertiary/aromatic N) is 1. The van der Waals surface area contributed by atoms with Gasteiger partial charge >= 0.3 is 5.69 Å². The molecule has 0 aromatic carbocycles. The predicted molar refractivity (Wildman–Crippen MR) is 117 cm³/mol. The molecule has 0 spiro atoms. The number of nitrogens with one attached hydrogen (secondary N) is 1. The second-order valence-electron chi connectivity index (χ2n) is 8.99. The van der Waals surface area contributed by atoms with Crippen molar-refractivity contribution in [3.05, 3.63) is 52.8 Å². The van der Waals surface area contributed by atoms with Gasteiger partial charge in [-0.2, -0.15) is 0 Å². The summed E-state index contributed by atoms with van der Waals surface area (Å²) in [6, 6.07) is 2.18. The molecule has 2 aromatic rings. The highest BCUT2D eigenvalue weighted by atomic mass is 32.1. The van der Waals surface area contributed by atoms with Gasteiger partial charge in [-0.05, 0) is 69.1 Å². The van der Waals surface area contributed by atoms with Gasteiger partial charge in [-0.3, -0.25) is 14.3 Å². The lowest BCUT2D eigenvalue weighted by Gasteiger charge is -2.26. The molecule has 4 unspecified atom stereocenters. The number of fused-ring (bicyclic) bond motifs is 2. The van der Waals surface area contributed by atoms with Crippen molar-refractivity contribution >= 4 is 22.6 Å². The maximum Gasteiger partial charge on any atom is 0.329 e. The van der Waals surface area contributed by atoms with Crippen LogP contribution in [0, 0.1) is 0 Å². The smallest absolute Gasteiger partial charge is 0.329 e. The molecule has 30 heavy (non-hydrogen) atoms. The summed E-state index contributed by atoms with van der Waals surface area (Å²) in [5.41, 5.74) is 13.2. The van der Waals surface area contributed by atoms with E-state index >= 15 is 4.39 Å². The SMILES string of the molecule is CC1=c2c(c(=O)[nH]c(=O)n2C2CC2)=C(N)C(F)C1c1cc2c(s1)CCCC2C(C)N. The zero-order valence-electron chi connectivity index (χ0n) is 17.2. The van der Waals surface area contributed by atoms with Crippen LogP contribution in [-0.2, 0) is 6.42 Å². The second kappa shape index (κ2) is 6.92. The number of nitrogens with two attached hydrogens (primary N) is 2. The molecule has 2 aromatic heterocycles. The molecule has 3 aliphatic carbocycles. The molecule has 0 amide bonds. The number of halogens is 1. The van der Waals surface area contributed by atoms with E-state index < -0.39 is 23.3 Å². The van der Waals surface area contributed by atoms with Gasteiger partial charge < -0.3 is 11.5 Å². The molecule has 0 saturated heterocycles. The summed E-state index contributed by atoms with van der Waals surface area (Å²) in [6.07, 6.45) is 3.35. The van der Waals surface area contributed by atoms with Crippen LogP contribution < -0.4 is 33.3 Å². The van der Waals surface area contributed by atoms with Crippen molar-refractivity contribution in [2.24, 2.45) is 11.5 Å². The third-order valence-electron chi connectivity index (χ3n) is 6.89. The minimum atomic E-state index is -1.50. The van der Waals surface area contributed by atoms with E-state index in [-0.39, 0.29) is 28.9 Å². The molecule has 5 rings (SSSR count). The molecule has 4 atom stereocenters. The summed E-state index contributed by atoms with van der Waals surface area (Å²) in [5.74, 6) is -0.310. The van der Waals surface area contributed by atoms with E-state index in [4.69, 9.17) is 11.5 Å². The van der Waals surface area contributed by atoms with E-state index in [0.29, 0.717) is 10.9 Å². The lowest BCUT2D eigenvalue weighted by atomic mass is 9.81. The first kappa shape index (κ1) is 19.8. The number of hydrogen-bond acceptors (Lipinski definition) is 5.